The molecule has 0 fully saturated rings. The van der Waals surface area contributed by atoms with Crippen molar-refractivity contribution in [1.29, 1.82) is 0 Å². The zero-order valence-electron chi connectivity index (χ0n) is 23.7. The maximum Gasteiger partial charge on any atom is -0.00367 e. The molecule has 2 heteroatoms. The molecule has 0 aliphatic rings. The van der Waals surface area contributed by atoms with Crippen LogP contribution in [0, 0.1) is 0 Å². The third-order valence-corrected chi connectivity index (χ3v) is 9.61. The molecule has 0 aliphatic heterocycles. The lowest BCUT2D eigenvalue weighted by atomic mass is 10.1. The molecule has 1 rings (SSSR count). The first-order valence-electron chi connectivity index (χ1n) is 15.2. The maximum atomic E-state index is 5.36. The van der Waals surface area contributed by atoms with E-state index in [1.54, 1.807) is 18.5 Å². The second kappa shape index (κ2) is 28.8. The Kier molecular flexibility index (Phi) is 28.5. The van der Waals surface area contributed by atoms with E-state index in [0.29, 0.717) is 7.92 Å². The zero-order valence-corrected chi connectivity index (χ0v) is 24.6. The van der Waals surface area contributed by atoms with E-state index >= 15 is 0 Å². The summed E-state index contributed by atoms with van der Waals surface area (Å²) in [6, 6.07) is 10.3. The number of unbranched alkanes of at least 4 members (excludes halogenated alkanes) is 15. The van der Waals surface area contributed by atoms with Crippen LogP contribution in [0.15, 0.2) is 30.3 Å². The van der Waals surface area contributed by atoms with Gasteiger partial charge >= 0.3 is 0 Å². The van der Waals surface area contributed by atoms with Crippen LogP contribution in [0.25, 0.3) is 0 Å². The molecule has 1 aromatic carbocycles. The summed E-state index contributed by atoms with van der Waals surface area (Å²) in [5.74, 6) is 0. The van der Waals surface area contributed by atoms with E-state index in [1.807, 2.05) is 18.2 Å². The zero-order chi connectivity index (χ0) is 25.0. The van der Waals surface area contributed by atoms with Crippen LogP contribution in [-0.4, -0.2) is 25.0 Å². The molecule has 0 unspecified atom stereocenters. The molecule has 0 heterocycles. The van der Waals surface area contributed by atoms with Crippen LogP contribution in [0.2, 0.25) is 0 Å². The Bertz CT molecular complexity index is 437. The molecule has 0 bridgehead atoms. The average molecular weight is 492 g/mol. The third kappa shape index (κ3) is 24.7. The van der Waals surface area contributed by atoms with Gasteiger partial charge in [0.05, 0.1) is 0 Å². The fraction of sp³-hybridized carbons (Fsp3) is 0.812. The van der Waals surface area contributed by atoms with Crippen LogP contribution in [-0.2, 0) is 6.42 Å². The number of nitrogens with two attached hydrogens (primary N) is 1. The van der Waals surface area contributed by atoms with E-state index in [2.05, 4.69) is 32.9 Å². The predicted molar refractivity (Wildman–Crippen MR) is 161 cm³/mol. The highest BCUT2D eigenvalue weighted by Gasteiger charge is 2.07. The Morgan fingerprint density at radius 1 is 0.500 bits per heavy atom. The van der Waals surface area contributed by atoms with Crippen LogP contribution in [0.1, 0.15) is 142 Å². The van der Waals surface area contributed by atoms with Gasteiger partial charge < -0.3 is 5.73 Å². The fourth-order valence-corrected chi connectivity index (χ4v) is 7.18. The second-order valence-electron chi connectivity index (χ2n) is 10.2. The lowest BCUT2D eigenvalue weighted by Gasteiger charge is -2.18. The Labute approximate surface area is 217 Å². The minimum atomic E-state index is 0.366. The molecule has 0 aliphatic carbocycles. The summed E-state index contributed by atoms with van der Waals surface area (Å²) in [7, 11) is 0.366. The smallest absolute Gasteiger partial charge is 0.00367 e. The van der Waals surface area contributed by atoms with Gasteiger partial charge in [-0.05, 0) is 56.3 Å². The van der Waals surface area contributed by atoms with E-state index in [9.17, 15) is 0 Å². The Morgan fingerprint density at radius 2 is 0.853 bits per heavy atom. The van der Waals surface area contributed by atoms with Gasteiger partial charge in [0.15, 0.2) is 0 Å². The van der Waals surface area contributed by atoms with Gasteiger partial charge in [0.1, 0.15) is 0 Å². The highest BCUT2D eigenvalue weighted by Crippen LogP contribution is 2.39. The molecule has 0 saturated heterocycles. The van der Waals surface area contributed by atoms with Gasteiger partial charge in [-0.15, -0.1) is 7.92 Å². The minimum Gasteiger partial charge on any atom is -0.330 e. The van der Waals surface area contributed by atoms with E-state index in [-0.39, 0.29) is 0 Å². The van der Waals surface area contributed by atoms with Gasteiger partial charge in [-0.2, -0.15) is 0 Å². The van der Waals surface area contributed by atoms with Crippen molar-refractivity contribution in [2.24, 2.45) is 5.73 Å². The van der Waals surface area contributed by atoms with Crippen molar-refractivity contribution in [3.8, 4) is 0 Å². The van der Waals surface area contributed by atoms with Crippen LogP contribution in [0.3, 0.4) is 0 Å². The SMILES string of the molecule is CCCCCCCCP(CCCCCCCC)CCCCCCCC.NCCc1ccccc1. The van der Waals surface area contributed by atoms with E-state index in [1.165, 1.54) is 121 Å². The molecular formula is C32H62NP. The molecule has 2 N–H and O–H groups in total. The molecule has 1 nitrogen and oxygen atoms in total. The largest absolute Gasteiger partial charge is 0.330 e. The minimum absolute atomic E-state index is 0.366. The molecule has 0 spiro atoms. The molecule has 34 heavy (non-hydrogen) atoms. The Morgan fingerprint density at radius 3 is 1.21 bits per heavy atom. The van der Waals surface area contributed by atoms with Crippen LogP contribution in [0.4, 0.5) is 0 Å². The first-order valence-corrected chi connectivity index (χ1v) is 17.1. The number of hydrogen-bond acceptors (Lipinski definition) is 1. The summed E-state index contributed by atoms with van der Waals surface area (Å²) in [6.45, 7) is 7.70. The average Bonchev–Trinajstić information content (AvgIpc) is 2.86. The normalized spacial score (nSPS) is 11.0. The van der Waals surface area contributed by atoms with Crippen molar-refractivity contribution in [2.45, 2.75) is 143 Å². The van der Waals surface area contributed by atoms with Crippen molar-refractivity contribution in [3.05, 3.63) is 35.9 Å². The van der Waals surface area contributed by atoms with Gasteiger partial charge in [-0.25, -0.2) is 0 Å². The highest BCUT2D eigenvalue weighted by molar-refractivity contribution is 7.57. The maximum absolute atomic E-state index is 5.36. The molecule has 0 amide bonds. The third-order valence-electron chi connectivity index (χ3n) is 6.76. The van der Waals surface area contributed by atoms with Gasteiger partial charge in [-0.3, -0.25) is 0 Å². The van der Waals surface area contributed by atoms with Crippen molar-refractivity contribution >= 4 is 7.92 Å². The van der Waals surface area contributed by atoms with Crippen LogP contribution < -0.4 is 5.73 Å². The molecule has 1 aromatic rings. The molecule has 0 aromatic heterocycles. The van der Waals surface area contributed by atoms with E-state index in [0.717, 1.165) is 13.0 Å². The number of rotatable bonds is 23. The first-order chi connectivity index (χ1) is 16.8. The fourth-order valence-electron chi connectivity index (χ4n) is 4.49. The second-order valence-corrected chi connectivity index (χ2v) is 12.9. The number of benzene rings is 1. The monoisotopic (exact) mass is 491 g/mol. The van der Waals surface area contributed by atoms with Crippen molar-refractivity contribution in [3.63, 3.8) is 0 Å². The van der Waals surface area contributed by atoms with Crippen molar-refractivity contribution in [2.75, 3.05) is 25.0 Å². The van der Waals surface area contributed by atoms with Crippen LogP contribution >= 0.6 is 7.92 Å². The Hall–Kier alpha value is -0.390. The van der Waals surface area contributed by atoms with Gasteiger partial charge in [0, 0.05) is 0 Å². The molecule has 0 radical (unpaired) electrons. The summed E-state index contributed by atoms with van der Waals surface area (Å²) < 4.78 is 0. The summed E-state index contributed by atoms with van der Waals surface area (Å²) in [4.78, 5) is 0. The topological polar surface area (TPSA) is 26.0 Å². The van der Waals surface area contributed by atoms with E-state index in [4.69, 9.17) is 5.73 Å². The highest BCUT2D eigenvalue weighted by atomic mass is 31.1. The van der Waals surface area contributed by atoms with Gasteiger partial charge in [0.25, 0.3) is 0 Å². The lowest BCUT2D eigenvalue weighted by molar-refractivity contribution is 0.617. The molecule has 0 saturated carbocycles. The molecular weight excluding hydrogens is 429 g/mol. The summed E-state index contributed by atoms with van der Waals surface area (Å²) >= 11 is 0. The number of hydrogen-bond donors (Lipinski definition) is 1. The molecule has 200 valence electrons. The van der Waals surface area contributed by atoms with E-state index < -0.39 is 0 Å². The quantitative estimate of drug-likeness (QED) is 0.119. The molecule has 0 atom stereocenters. The summed E-state index contributed by atoms with van der Waals surface area (Å²) in [5, 5.41) is 0. The summed E-state index contributed by atoms with van der Waals surface area (Å²) in [5.41, 5.74) is 6.68. The predicted octanol–water partition coefficient (Wildman–Crippen LogP) is 10.7. The first kappa shape index (κ1) is 33.6. The van der Waals surface area contributed by atoms with Crippen molar-refractivity contribution < 1.29 is 0 Å². The van der Waals surface area contributed by atoms with Crippen LogP contribution in [0.5, 0.6) is 0 Å². The lowest BCUT2D eigenvalue weighted by Crippen LogP contribution is -2.01. The van der Waals surface area contributed by atoms with Gasteiger partial charge in [-0.1, -0.05) is 147 Å². The van der Waals surface area contributed by atoms with Crippen molar-refractivity contribution in [1.82, 2.24) is 0 Å². The Balaban J connectivity index is 0.000000999. The summed E-state index contributed by atoms with van der Waals surface area (Å²) in [6.07, 6.45) is 32.2. The standard InChI is InChI=1S/C24H51P.C8H11N/c1-4-7-10-13-16-19-22-25(23-20-17-14-11-8-5-2)24-21-18-15-12-9-6-3;9-7-6-8-4-2-1-3-5-8/h4-24H2,1-3H3;1-5H,6-7,9H2. The van der Waals surface area contributed by atoms with Gasteiger partial charge in [0.2, 0.25) is 0 Å².